The summed E-state index contributed by atoms with van der Waals surface area (Å²) in [5.74, 6) is -0.189. The van der Waals surface area contributed by atoms with Crippen LogP contribution in [0.15, 0.2) is 12.2 Å². The zero-order chi connectivity index (χ0) is 13.5. The fourth-order valence-electron chi connectivity index (χ4n) is 1.76. The van der Waals surface area contributed by atoms with Crippen molar-refractivity contribution in [3.05, 3.63) is 12.2 Å². The summed E-state index contributed by atoms with van der Waals surface area (Å²) in [4.78, 5) is 11.2. The van der Waals surface area contributed by atoms with Crippen LogP contribution in [-0.4, -0.2) is 12.6 Å². The first-order valence-corrected chi connectivity index (χ1v) is 7.64. The molecular formula is C16H30O2. The number of hydrogen-bond acceptors (Lipinski definition) is 2. The molecule has 0 aromatic rings. The van der Waals surface area contributed by atoms with Crippen LogP contribution in [0.3, 0.4) is 0 Å². The summed E-state index contributed by atoms with van der Waals surface area (Å²) in [6.45, 7) is 4.88. The molecule has 0 heterocycles. The van der Waals surface area contributed by atoms with Crippen molar-refractivity contribution in [3.8, 4) is 0 Å². The molecule has 0 atom stereocenters. The fourth-order valence-corrected chi connectivity index (χ4v) is 1.76. The van der Waals surface area contributed by atoms with Gasteiger partial charge < -0.3 is 4.74 Å². The average molecular weight is 254 g/mol. The van der Waals surface area contributed by atoms with Crippen LogP contribution in [0.1, 0.15) is 78.1 Å². The van der Waals surface area contributed by atoms with Gasteiger partial charge in [-0.25, -0.2) is 4.79 Å². The maximum absolute atomic E-state index is 11.2. The predicted molar refractivity (Wildman–Crippen MR) is 77.6 cm³/mol. The average Bonchev–Trinajstić information content (AvgIpc) is 2.37. The van der Waals surface area contributed by atoms with Crippen molar-refractivity contribution in [2.24, 2.45) is 0 Å². The Kier molecular flexibility index (Phi) is 13.6. The van der Waals surface area contributed by atoms with E-state index in [1.54, 1.807) is 6.08 Å². The van der Waals surface area contributed by atoms with E-state index in [0.29, 0.717) is 6.61 Å². The second-order valence-corrected chi connectivity index (χ2v) is 4.83. The summed E-state index contributed by atoms with van der Waals surface area (Å²) >= 11 is 0. The summed E-state index contributed by atoms with van der Waals surface area (Å²) in [7, 11) is 0. The third-order valence-electron chi connectivity index (χ3n) is 2.97. The van der Waals surface area contributed by atoms with Crippen molar-refractivity contribution in [3.63, 3.8) is 0 Å². The molecule has 0 saturated carbocycles. The number of ether oxygens (including phenoxy) is 1. The molecule has 2 heteroatoms. The molecule has 0 bridgehead atoms. The summed E-state index contributed by atoms with van der Waals surface area (Å²) in [5, 5.41) is 0. The van der Waals surface area contributed by atoms with Crippen molar-refractivity contribution < 1.29 is 9.53 Å². The number of rotatable bonds is 12. The summed E-state index contributed by atoms with van der Waals surface area (Å²) < 4.78 is 5.03. The molecule has 18 heavy (non-hydrogen) atoms. The first-order valence-electron chi connectivity index (χ1n) is 7.64. The minimum absolute atomic E-state index is 0.189. The van der Waals surface area contributed by atoms with Crippen LogP contribution in [0.25, 0.3) is 0 Å². The lowest BCUT2D eigenvalue weighted by Crippen LogP contribution is -2.01. The molecule has 0 aliphatic rings. The van der Waals surface area contributed by atoms with E-state index in [-0.39, 0.29) is 5.97 Å². The third kappa shape index (κ3) is 13.3. The lowest BCUT2D eigenvalue weighted by molar-refractivity contribution is -0.137. The van der Waals surface area contributed by atoms with E-state index in [2.05, 4.69) is 13.8 Å². The van der Waals surface area contributed by atoms with Crippen LogP contribution in [-0.2, 0) is 9.53 Å². The molecule has 0 spiro atoms. The maximum atomic E-state index is 11.2. The zero-order valence-electron chi connectivity index (χ0n) is 12.2. The Labute approximate surface area is 113 Å². The number of carbonyl (C=O) groups excluding carboxylic acids is 1. The van der Waals surface area contributed by atoms with Crippen LogP contribution < -0.4 is 0 Å². The van der Waals surface area contributed by atoms with Gasteiger partial charge in [-0.1, -0.05) is 64.9 Å². The second kappa shape index (κ2) is 14.3. The Hall–Kier alpha value is -0.790. The molecule has 0 aliphatic carbocycles. The van der Waals surface area contributed by atoms with E-state index < -0.39 is 0 Å². The molecule has 0 aromatic carbocycles. The highest BCUT2D eigenvalue weighted by molar-refractivity contribution is 5.81. The zero-order valence-corrected chi connectivity index (χ0v) is 12.2. The molecule has 0 aliphatic heterocycles. The Bertz CT molecular complexity index is 209. The molecule has 0 rings (SSSR count). The van der Waals surface area contributed by atoms with Gasteiger partial charge in [0, 0.05) is 6.08 Å². The fraction of sp³-hybridized carbons (Fsp3) is 0.812. The lowest BCUT2D eigenvalue weighted by Gasteiger charge is -2.00. The normalized spacial score (nSPS) is 11.0. The predicted octanol–water partition coefficient (Wildman–Crippen LogP) is 5.03. The van der Waals surface area contributed by atoms with Crippen molar-refractivity contribution in [1.82, 2.24) is 0 Å². The summed E-state index contributed by atoms with van der Waals surface area (Å²) in [5.41, 5.74) is 0. The van der Waals surface area contributed by atoms with Gasteiger partial charge in [-0.2, -0.15) is 0 Å². The van der Waals surface area contributed by atoms with E-state index in [9.17, 15) is 4.79 Å². The highest BCUT2D eigenvalue weighted by atomic mass is 16.5. The van der Waals surface area contributed by atoms with E-state index in [0.717, 1.165) is 19.3 Å². The Morgan fingerprint density at radius 2 is 1.50 bits per heavy atom. The number of esters is 1. The van der Waals surface area contributed by atoms with E-state index >= 15 is 0 Å². The van der Waals surface area contributed by atoms with Gasteiger partial charge in [0.25, 0.3) is 0 Å². The summed E-state index contributed by atoms with van der Waals surface area (Å²) in [6, 6.07) is 0. The topological polar surface area (TPSA) is 26.3 Å². The van der Waals surface area contributed by atoms with E-state index in [1.165, 1.54) is 44.9 Å². The minimum Gasteiger partial charge on any atom is -0.463 e. The third-order valence-corrected chi connectivity index (χ3v) is 2.97. The largest absolute Gasteiger partial charge is 0.463 e. The summed E-state index contributed by atoms with van der Waals surface area (Å²) in [6.07, 6.45) is 15.7. The molecule has 0 saturated heterocycles. The highest BCUT2D eigenvalue weighted by Crippen LogP contribution is 2.08. The molecule has 0 N–H and O–H groups in total. The van der Waals surface area contributed by atoms with E-state index in [1.807, 2.05) is 6.08 Å². The molecular weight excluding hydrogens is 224 g/mol. The van der Waals surface area contributed by atoms with Gasteiger partial charge in [0.05, 0.1) is 6.61 Å². The van der Waals surface area contributed by atoms with Gasteiger partial charge in [0.2, 0.25) is 0 Å². The van der Waals surface area contributed by atoms with Gasteiger partial charge in [-0.05, 0) is 19.3 Å². The quantitative estimate of drug-likeness (QED) is 0.277. The van der Waals surface area contributed by atoms with Gasteiger partial charge in [-0.3, -0.25) is 0 Å². The second-order valence-electron chi connectivity index (χ2n) is 4.83. The van der Waals surface area contributed by atoms with Crippen LogP contribution in [0, 0.1) is 0 Å². The number of unbranched alkanes of at least 4 members (excludes halogenated alkanes) is 8. The molecule has 2 nitrogen and oxygen atoms in total. The maximum Gasteiger partial charge on any atom is 0.330 e. The van der Waals surface area contributed by atoms with Crippen molar-refractivity contribution in [2.75, 3.05) is 6.61 Å². The van der Waals surface area contributed by atoms with Crippen molar-refractivity contribution in [2.45, 2.75) is 78.1 Å². The van der Waals surface area contributed by atoms with Gasteiger partial charge in [0.1, 0.15) is 0 Å². The smallest absolute Gasteiger partial charge is 0.330 e. The van der Waals surface area contributed by atoms with Gasteiger partial charge >= 0.3 is 5.97 Å². The monoisotopic (exact) mass is 254 g/mol. The Balaban J connectivity index is 3.23. The van der Waals surface area contributed by atoms with Crippen LogP contribution >= 0.6 is 0 Å². The standard InChI is InChI=1S/C16H30O2/c1-3-5-7-8-9-10-11-12-13-14-16(17)18-15-6-4-2/h13-14H,3-12,15H2,1-2H3. The Morgan fingerprint density at radius 3 is 2.17 bits per heavy atom. The van der Waals surface area contributed by atoms with Crippen LogP contribution in [0.2, 0.25) is 0 Å². The van der Waals surface area contributed by atoms with Crippen molar-refractivity contribution >= 4 is 5.97 Å². The van der Waals surface area contributed by atoms with Crippen LogP contribution in [0.5, 0.6) is 0 Å². The SMILES string of the molecule is CCCCCCCCCC=CC(=O)OCCCC. The van der Waals surface area contributed by atoms with E-state index in [4.69, 9.17) is 4.74 Å². The first kappa shape index (κ1) is 17.2. The molecule has 0 unspecified atom stereocenters. The minimum atomic E-state index is -0.189. The van der Waals surface area contributed by atoms with Gasteiger partial charge in [0.15, 0.2) is 0 Å². The Morgan fingerprint density at radius 1 is 0.889 bits per heavy atom. The van der Waals surface area contributed by atoms with Crippen molar-refractivity contribution in [1.29, 1.82) is 0 Å². The molecule has 0 amide bonds. The molecule has 0 aromatic heterocycles. The van der Waals surface area contributed by atoms with Crippen LogP contribution in [0.4, 0.5) is 0 Å². The highest BCUT2D eigenvalue weighted by Gasteiger charge is 1.95. The van der Waals surface area contributed by atoms with Gasteiger partial charge in [-0.15, -0.1) is 0 Å². The molecule has 0 fully saturated rings. The number of hydrogen-bond donors (Lipinski definition) is 0. The number of carbonyl (C=O) groups is 1. The molecule has 106 valence electrons. The lowest BCUT2D eigenvalue weighted by atomic mass is 10.1. The molecule has 0 radical (unpaired) electrons. The first-order chi connectivity index (χ1) is 8.81. The number of allylic oxidation sites excluding steroid dienone is 1.